The molecule has 1 aliphatic rings. The van der Waals surface area contributed by atoms with Crippen molar-refractivity contribution in [3.05, 3.63) is 46.3 Å². The molecule has 0 aliphatic carbocycles. The van der Waals surface area contributed by atoms with E-state index in [1.807, 2.05) is 45.9 Å². The third-order valence-corrected chi connectivity index (χ3v) is 7.00. The van der Waals surface area contributed by atoms with E-state index in [4.69, 9.17) is 0 Å². The summed E-state index contributed by atoms with van der Waals surface area (Å²) in [5.41, 5.74) is 5.53. The number of aromatic nitrogens is 2. The lowest BCUT2D eigenvalue weighted by molar-refractivity contribution is -0.115. The normalized spacial score (nSPS) is 18.8. The maximum absolute atomic E-state index is 12.5. The molecule has 0 bridgehead atoms. The van der Waals surface area contributed by atoms with Gasteiger partial charge in [-0.15, -0.1) is 0 Å². The van der Waals surface area contributed by atoms with Crippen molar-refractivity contribution < 1.29 is 13.2 Å². The Morgan fingerprint density at radius 1 is 1.27 bits per heavy atom. The molecule has 7 heteroatoms. The molecule has 0 spiro atoms. The second-order valence-electron chi connectivity index (χ2n) is 7.12. The summed E-state index contributed by atoms with van der Waals surface area (Å²) in [6.45, 7) is 7.78. The van der Waals surface area contributed by atoms with Crippen molar-refractivity contribution in [2.24, 2.45) is 0 Å². The Morgan fingerprint density at radius 3 is 2.65 bits per heavy atom. The minimum absolute atomic E-state index is 0.0940. The summed E-state index contributed by atoms with van der Waals surface area (Å²) in [5, 5.41) is 7.50. The van der Waals surface area contributed by atoms with E-state index in [0.29, 0.717) is 6.42 Å². The lowest BCUT2D eigenvalue weighted by Gasteiger charge is -2.12. The Morgan fingerprint density at radius 2 is 2.00 bits per heavy atom. The van der Waals surface area contributed by atoms with E-state index >= 15 is 0 Å². The Bertz CT molecular complexity index is 961. The average Bonchev–Trinajstić information content (AvgIpc) is 3.05. The van der Waals surface area contributed by atoms with Crippen LogP contribution in [0.25, 0.3) is 0 Å². The molecular formula is C19H25N3O3S. The number of carbonyl (C=O) groups is 1. The van der Waals surface area contributed by atoms with Gasteiger partial charge in [0.15, 0.2) is 9.84 Å². The molecule has 2 heterocycles. The van der Waals surface area contributed by atoms with Crippen LogP contribution in [0.1, 0.15) is 40.5 Å². The van der Waals surface area contributed by atoms with Crippen LogP contribution in [0.3, 0.4) is 0 Å². The number of sulfone groups is 1. The van der Waals surface area contributed by atoms with Gasteiger partial charge in [0.2, 0.25) is 5.91 Å². The molecule has 6 nitrogen and oxygen atoms in total. The topological polar surface area (TPSA) is 81.1 Å². The number of anilines is 1. The standard InChI is InChI=1S/C19H25N3O3S/c1-12-6-5-7-18(13(12)2)20-19(23)10-17-14(3)21-22(15(17)4)16-8-9-26(24,25)11-16/h5-7,16H,8-11H2,1-4H3,(H,20,23). The third kappa shape index (κ3) is 3.67. The average molecular weight is 375 g/mol. The van der Waals surface area contributed by atoms with Crippen molar-refractivity contribution in [1.29, 1.82) is 0 Å². The fourth-order valence-corrected chi connectivity index (χ4v) is 5.21. The number of nitrogens with one attached hydrogen (secondary N) is 1. The van der Waals surface area contributed by atoms with Crippen LogP contribution in [0.5, 0.6) is 0 Å². The summed E-state index contributed by atoms with van der Waals surface area (Å²) in [5.74, 6) is 0.241. The molecule has 0 saturated carbocycles. The highest BCUT2D eigenvalue weighted by molar-refractivity contribution is 7.91. The molecule has 1 saturated heterocycles. The minimum Gasteiger partial charge on any atom is -0.326 e. The predicted molar refractivity (Wildman–Crippen MR) is 102 cm³/mol. The van der Waals surface area contributed by atoms with E-state index in [1.165, 1.54) is 0 Å². The van der Waals surface area contributed by atoms with Crippen LogP contribution >= 0.6 is 0 Å². The zero-order valence-corrected chi connectivity index (χ0v) is 16.5. The van der Waals surface area contributed by atoms with E-state index in [9.17, 15) is 13.2 Å². The second-order valence-corrected chi connectivity index (χ2v) is 9.35. The van der Waals surface area contributed by atoms with Crippen LogP contribution in [0.15, 0.2) is 18.2 Å². The monoisotopic (exact) mass is 375 g/mol. The molecule has 1 N–H and O–H groups in total. The predicted octanol–water partition coefficient (Wildman–Crippen LogP) is 2.66. The van der Waals surface area contributed by atoms with Gasteiger partial charge in [-0.25, -0.2) is 8.42 Å². The zero-order chi connectivity index (χ0) is 19.1. The summed E-state index contributed by atoms with van der Waals surface area (Å²) in [6.07, 6.45) is 0.808. The Balaban J connectivity index is 1.78. The van der Waals surface area contributed by atoms with Gasteiger partial charge >= 0.3 is 0 Å². The Labute approximate surface area is 154 Å². The number of aryl methyl sites for hydroxylation is 2. The fourth-order valence-electron chi connectivity index (χ4n) is 3.52. The maximum atomic E-state index is 12.5. The number of nitrogens with zero attached hydrogens (tertiary/aromatic N) is 2. The van der Waals surface area contributed by atoms with E-state index < -0.39 is 9.84 Å². The quantitative estimate of drug-likeness (QED) is 0.891. The Kier molecular flexibility index (Phi) is 4.92. The molecular weight excluding hydrogens is 350 g/mol. The maximum Gasteiger partial charge on any atom is 0.228 e. The molecule has 1 aliphatic heterocycles. The van der Waals surface area contributed by atoms with Crippen LogP contribution in [-0.4, -0.2) is 35.6 Å². The highest BCUT2D eigenvalue weighted by atomic mass is 32.2. The molecule has 1 unspecified atom stereocenters. The van der Waals surface area contributed by atoms with Gasteiger partial charge in [-0.3, -0.25) is 9.48 Å². The summed E-state index contributed by atoms with van der Waals surface area (Å²) in [7, 11) is -2.98. The molecule has 1 amide bonds. The summed E-state index contributed by atoms with van der Waals surface area (Å²) >= 11 is 0. The first-order valence-electron chi connectivity index (χ1n) is 8.79. The molecule has 1 atom stereocenters. The molecule has 140 valence electrons. The van der Waals surface area contributed by atoms with Gasteiger partial charge in [-0.05, 0) is 51.3 Å². The van der Waals surface area contributed by atoms with Gasteiger partial charge in [0.25, 0.3) is 0 Å². The third-order valence-electron chi connectivity index (χ3n) is 5.25. The number of hydrogen-bond donors (Lipinski definition) is 1. The van der Waals surface area contributed by atoms with Crippen LogP contribution < -0.4 is 5.32 Å². The number of carbonyl (C=O) groups excluding carboxylic acids is 1. The highest BCUT2D eigenvalue weighted by Crippen LogP contribution is 2.27. The Hall–Kier alpha value is -2.15. The number of amides is 1. The molecule has 26 heavy (non-hydrogen) atoms. The zero-order valence-electron chi connectivity index (χ0n) is 15.7. The van der Waals surface area contributed by atoms with Crippen LogP contribution in [0, 0.1) is 27.7 Å². The molecule has 1 fully saturated rings. The van der Waals surface area contributed by atoms with E-state index in [0.717, 1.165) is 33.8 Å². The van der Waals surface area contributed by atoms with Crippen LogP contribution in [-0.2, 0) is 21.1 Å². The lowest BCUT2D eigenvalue weighted by atomic mass is 10.1. The SMILES string of the molecule is Cc1cccc(NC(=O)Cc2c(C)nn(C3CCS(=O)(=O)C3)c2C)c1C. The van der Waals surface area contributed by atoms with Crippen LogP contribution in [0.2, 0.25) is 0 Å². The number of rotatable bonds is 4. The summed E-state index contributed by atoms with van der Waals surface area (Å²) < 4.78 is 25.3. The van der Waals surface area contributed by atoms with E-state index in [-0.39, 0.29) is 29.9 Å². The second kappa shape index (κ2) is 6.87. The van der Waals surface area contributed by atoms with Gasteiger partial charge in [0.1, 0.15) is 0 Å². The fraction of sp³-hybridized carbons (Fsp3) is 0.474. The summed E-state index contributed by atoms with van der Waals surface area (Å²) in [4.78, 5) is 12.5. The van der Waals surface area contributed by atoms with Gasteiger partial charge in [0.05, 0.1) is 29.7 Å². The van der Waals surface area contributed by atoms with Gasteiger partial charge < -0.3 is 5.32 Å². The first kappa shape index (κ1) is 18.6. The number of benzene rings is 1. The number of hydrogen-bond acceptors (Lipinski definition) is 4. The lowest BCUT2D eigenvalue weighted by Crippen LogP contribution is -2.17. The highest BCUT2D eigenvalue weighted by Gasteiger charge is 2.31. The smallest absolute Gasteiger partial charge is 0.228 e. The van der Waals surface area contributed by atoms with Crippen molar-refractivity contribution in [2.75, 3.05) is 16.8 Å². The van der Waals surface area contributed by atoms with Crippen molar-refractivity contribution in [3.8, 4) is 0 Å². The molecule has 3 rings (SSSR count). The van der Waals surface area contributed by atoms with E-state index in [1.54, 1.807) is 4.68 Å². The van der Waals surface area contributed by atoms with Crippen molar-refractivity contribution in [2.45, 2.75) is 46.6 Å². The van der Waals surface area contributed by atoms with E-state index in [2.05, 4.69) is 10.4 Å². The largest absolute Gasteiger partial charge is 0.326 e. The van der Waals surface area contributed by atoms with Crippen LogP contribution in [0.4, 0.5) is 5.69 Å². The molecule has 1 aromatic heterocycles. The first-order chi connectivity index (χ1) is 12.2. The molecule has 2 aromatic rings. The first-order valence-corrected chi connectivity index (χ1v) is 10.6. The molecule has 0 radical (unpaired) electrons. The molecule has 1 aromatic carbocycles. The van der Waals surface area contributed by atoms with Crippen molar-refractivity contribution in [1.82, 2.24) is 9.78 Å². The van der Waals surface area contributed by atoms with Gasteiger partial charge in [0, 0.05) is 16.9 Å². The van der Waals surface area contributed by atoms with Gasteiger partial charge in [-0.2, -0.15) is 5.10 Å². The van der Waals surface area contributed by atoms with Gasteiger partial charge in [-0.1, -0.05) is 12.1 Å². The minimum atomic E-state index is -2.98. The summed E-state index contributed by atoms with van der Waals surface area (Å²) in [6, 6.07) is 5.70. The van der Waals surface area contributed by atoms with Crippen molar-refractivity contribution in [3.63, 3.8) is 0 Å². The van der Waals surface area contributed by atoms with Crippen molar-refractivity contribution >= 4 is 21.4 Å².